The zero-order valence-corrected chi connectivity index (χ0v) is 16.4. The van der Waals surface area contributed by atoms with Crippen LogP contribution in [0.1, 0.15) is 21.6 Å². The van der Waals surface area contributed by atoms with Gasteiger partial charge in [-0.3, -0.25) is 9.20 Å². The average molecular weight is 411 g/mol. The second-order valence-electron chi connectivity index (χ2n) is 7.02. The Morgan fingerprint density at radius 3 is 2.65 bits per heavy atom. The lowest BCUT2D eigenvalue weighted by Gasteiger charge is -2.07. The van der Waals surface area contributed by atoms with Crippen molar-refractivity contribution in [2.45, 2.75) is 13.2 Å². The van der Waals surface area contributed by atoms with Gasteiger partial charge in [-0.15, -0.1) is 5.10 Å². The number of carbonyl (C=O) groups excluding carboxylic acids is 1. The molecule has 0 unspecified atom stereocenters. The van der Waals surface area contributed by atoms with Gasteiger partial charge in [-0.1, -0.05) is 35.5 Å². The molecule has 0 aliphatic rings. The van der Waals surface area contributed by atoms with E-state index < -0.39 is 5.97 Å². The van der Waals surface area contributed by atoms with Crippen molar-refractivity contribution >= 4 is 22.6 Å². The molecule has 5 rings (SSSR count). The Bertz CT molecular complexity index is 1450. The Hall–Kier alpha value is -4.33. The van der Waals surface area contributed by atoms with Crippen molar-refractivity contribution in [1.82, 2.24) is 24.4 Å². The van der Waals surface area contributed by atoms with Gasteiger partial charge in [-0.25, -0.2) is 14.5 Å². The first-order valence-electron chi connectivity index (χ1n) is 9.69. The second-order valence-corrected chi connectivity index (χ2v) is 7.02. The number of hydrogen-bond acceptors (Lipinski definition) is 6. The number of nitrogens with zero attached hydrogens (tertiary/aromatic N) is 5. The molecular weight excluding hydrogens is 394 g/mol. The van der Waals surface area contributed by atoms with Crippen LogP contribution >= 0.6 is 0 Å². The molecule has 0 aliphatic heterocycles. The SMILES string of the molecule is O=C(OCc1cc(=O)n2ccccc2n1)c1ccc(Cn2nnc3ccccc32)cc1. The number of benzene rings is 2. The third kappa shape index (κ3) is 3.78. The Morgan fingerprint density at radius 2 is 1.77 bits per heavy atom. The van der Waals surface area contributed by atoms with Crippen LogP contribution in [0.25, 0.3) is 16.7 Å². The summed E-state index contributed by atoms with van der Waals surface area (Å²) < 4.78 is 8.59. The molecule has 0 bridgehead atoms. The molecule has 5 aromatic rings. The van der Waals surface area contributed by atoms with Crippen molar-refractivity contribution in [3.63, 3.8) is 0 Å². The topological polar surface area (TPSA) is 91.4 Å². The summed E-state index contributed by atoms with van der Waals surface area (Å²) in [6.45, 7) is 0.465. The lowest BCUT2D eigenvalue weighted by Crippen LogP contribution is -2.16. The molecule has 0 N–H and O–H groups in total. The molecule has 2 aromatic carbocycles. The minimum absolute atomic E-state index is 0.0772. The monoisotopic (exact) mass is 411 g/mol. The van der Waals surface area contributed by atoms with Crippen LogP contribution in [0.4, 0.5) is 0 Å². The fraction of sp³-hybridized carbons (Fsp3) is 0.0870. The first-order valence-corrected chi connectivity index (χ1v) is 9.69. The lowest BCUT2D eigenvalue weighted by molar-refractivity contribution is 0.0467. The van der Waals surface area contributed by atoms with E-state index in [2.05, 4.69) is 15.3 Å². The number of pyridine rings is 1. The molecule has 3 aromatic heterocycles. The van der Waals surface area contributed by atoms with Gasteiger partial charge >= 0.3 is 5.97 Å². The molecule has 0 amide bonds. The van der Waals surface area contributed by atoms with Crippen molar-refractivity contribution in [2.75, 3.05) is 0 Å². The van der Waals surface area contributed by atoms with E-state index >= 15 is 0 Å². The van der Waals surface area contributed by atoms with Crippen LogP contribution in [0.15, 0.2) is 83.8 Å². The lowest BCUT2D eigenvalue weighted by atomic mass is 10.1. The van der Waals surface area contributed by atoms with Gasteiger partial charge in [-0.05, 0) is 42.0 Å². The summed E-state index contributed by atoms with van der Waals surface area (Å²) in [7, 11) is 0. The molecule has 8 nitrogen and oxygen atoms in total. The first-order chi connectivity index (χ1) is 15.2. The molecule has 0 saturated carbocycles. The van der Waals surface area contributed by atoms with E-state index in [1.807, 2.05) is 41.1 Å². The maximum Gasteiger partial charge on any atom is 0.338 e. The van der Waals surface area contributed by atoms with E-state index in [1.54, 1.807) is 36.5 Å². The number of hydrogen-bond donors (Lipinski definition) is 0. The largest absolute Gasteiger partial charge is 0.456 e. The van der Waals surface area contributed by atoms with Gasteiger partial charge in [0.1, 0.15) is 17.8 Å². The standard InChI is InChI=1S/C23H17N5O3/c29-22-13-18(24-21-7-3-4-12-27(21)22)15-31-23(30)17-10-8-16(9-11-17)14-28-20-6-2-1-5-19(20)25-26-28/h1-13H,14-15H2. The molecule has 31 heavy (non-hydrogen) atoms. The Kier molecular flexibility index (Phi) is 4.72. The maximum absolute atomic E-state index is 12.4. The number of carbonyl (C=O) groups is 1. The predicted octanol–water partition coefficient (Wildman–Crippen LogP) is 2.84. The Balaban J connectivity index is 1.26. The normalized spacial score (nSPS) is 11.1. The molecular formula is C23H17N5O3. The van der Waals surface area contributed by atoms with Crippen molar-refractivity contribution in [1.29, 1.82) is 0 Å². The van der Waals surface area contributed by atoms with E-state index in [1.165, 1.54) is 10.5 Å². The van der Waals surface area contributed by atoms with E-state index in [-0.39, 0.29) is 12.2 Å². The van der Waals surface area contributed by atoms with Gasteiger partial charge in [0.2, 0.25) is 0 Å². The maximum atomic E-state index is 12.4. The molecule has 8 heteroatoms. The van der Waals surface area contributed by atoms with Crippen LogP contribution in [0.5, 0.6) is 0 Å². The van der Waals surface area contributed by atoms with E-state index in [0.717, 1.165) is 16.6 Å². The number of fused-ring (bicyclic) bond motifs is 2. The van der Waals surface area contributed by atoms with E-state index in [4.69, 9.17) is 4.74 Å². The number of para-hydroxylation sites is 1. The van der Waals surface area contributed by atoms with Gasteiger partial charge in [-0.2, -0.15) is 0 Å². The summed E-state index contributed by atoms with van der Waals surface area (Å²) in [6, 6.07) is 21.5. The molecule has 152 valence electrons. The average Bonchev–Trinajstić information content (AvgIpc) is 3.21. The van der Waals surface area contributed by atoms with Crippen LogP contribution in [0.3, 0.4) is 0 Å². The number of ether oxygens (including phenoxy) is 1. The minimum Gasteiger partial charge on any atom is -0.456 e. The molecule has 0 spiro atoms. The third-order valence-corrected chi connectivity index (χ3v) is 4.92. The van der Waals surface area contributed by atoms with Gasteiger partial charge in [0.25, 0.3) is 5.56 Å². The van der Waals surface area contributed by atoms with Crippen molar-refractivity contribution in [2.24, 2.45) is 0 Å². The van der Waals surface area contributed by atoms with Crippen LogP contribution in [0.2, 0.25) is 0 Å². The summed E-state index contributed by atoms with van der Waals surface area (Å²) in [5, 5.41) is 8.33. The Labute approximate surface area is 176 Å². The Morgan fingerprint density at radius 1 is 0.968 bits per heavy atom. The van der Waals surface area contributed by atoms with Crippen molar-refractivity contribution in [3.05, 3.63) is 106 Å². The number of aromatic nitrogens is 5. The predicted molar refractivity (Wildman–Crippen MR) is 114 cm³/mol. The van der Waals surface area contributed by atoms with E-state index in [9.17, 15) is 9.59 Å². The summed E-state index contributed by atoms with van der Waals surface area (Å²) in [5.41, 5.74) is 3.88. The molecule has 0 aliphatic carbocycles. The fourth-order valence-electron chi connectivity index (χ4n) is 3.35. The van der Waals surface area contributed by atoms with Crippen LogP contribution in [-0.2, 0) is 17.9 Å². The molecule has 0 radical (unpaired) electrons. The minimum atomic E-state index is -0.479. The summed E-state index contributed by atoms with van der Waals surface area (Å²) in [6.07, 6.45) is 1.64. The van der Waals surface area contributed by atoms with Crippen LogP contribution in [0, 0.1) is 0 Å². The fourth-order valence-corrected chi connectivity index (χ4v) is 3.35. The van der Waals surface area contributed by atoms with Crippen LogP contribution < -0.4 is 5.56 Å². The summed E-state index contributed by atoms with van der Waals surface area (Å²) in [5.74, 6) is -0.479. The summed E-state index contributed by atoms with van der Waals surface area (Å²) in [4.78, 5) is 28.9. The van der Waals surface area contributed by atoms with Crippen molar-refractivity contribution in [3.8, 4) is 0 Å². The zero-order chi connectivity index (χ0) is 21.2. The van der Waals surface area contributed by atoms with E-state index in [0.29, 0.717) is 23.4 Å². The van der Waals surface area contributed by atoms with Gasteiger partial charge in [0.15, 0.2) is 0 Å². The highest BCUT2D eigenvalue weighted by molar-refractivity contribution is 5.89. The summed E-state index contributed by atoms with van der Waals surface area (Å²) >= 11 is 0. The first kappa shape index (κ1) is 18.7. The third-order valence-electron chi connectivity index (χ3n) is 4.92. The second kappa shape index (κ2) is 7.83. The zero-order valence-electron chi connectivity index (χ0n) is 16.4. The van der Waals surface area contributed by atoms with Gasteiger partial charge in [0.05, 0.1) is 23.3 Å². The van der Waals surface area contributed by atoms with Gasteiger partial charge < -0.3 is 4.74 Å². The number of esters is 1. The number of rotatable bonds is 5. The molecule has 3 heterocycles. The van der Waals surface area contributed by atoms with Crippen molar-refractivity contribution < 1.29 is 9.53 Å². The highest BCUT2D eigenvalue weighted by Crippen LogP contribution is 2.13. The molecule has 0 atom stereocenters. The van der Waals surface area contributed by atoms with Gasteiger partial charge in [0, 0.05) is 12.3 Å². The molecule has 0 fully saturated rings. The molecule has 0 saturated heterocycles. The van der Waals surface area contributed by atoms with Crippen LogP contribution in [-0.4, -0.2) is 30.3 Å². The smallest absolute Gasteiger partial charge is 0.338 e. The highest BCUT2D eigenvalue weighted by Gasteiger charge is 2.10. The quantitative estimate of drug-likeness (QED) is 0.413. The highest BCUT2D eigenvalue weighted by atomic mass is 16.5.